The third-order valence-corrected chi connectivity index (χ3v) is 7.82. The molecule has 3 aromatic carbocycles. The molecule has 1 atom stereocenters. The molecule has 6 heteroatoms. The quantitative estimate of drug-likeness (QED) is 0.302. The van der Waals surface area contributed by atoms with E-state index in [0.29, 0.717) is 22.9 Å². The van der Waals surface area contributed by atoms with Crippen LogP contribution in [-0.4, -0.2) is 28.8 Å². The monoisotopic (exact) mass is 536 g/mol. The third-order valence-electron chi connectivity index (χ3n) is 7.09. The summed E-state index contributed by atoms with van der Waals surface area (Å²) in [5, 5.41) is 4.49. The Morgan fingerprint density at radius 2 is 1.41 bits per heavy atom. The molecule has 2 amide bonds. The molecule has 37 heavy (non-hydrogen) atoms. The predicted molar refractivity (Wildman–Crippen MR) is 151 cm³/mol. The predicted octanol–water partition coefficient (Wildman–Crippen LogP) is 7.02. The molecular formula is C31H34Cl2N2O2. The van der Waals surface area contributed by atoms with E-state index in [1.807, 2.05) is 78.9 Å². The summed E-state index contributed by atoms with van der Waals surface area (Å²) in [6.45, 7) is 0.261. The van der Waals surface area contributed by atoms with Crippen molar-refractivity contribution in [3.05, 3.63) is 106 Å². The van der Waals surface area contributed by atoms with Crippen LogP contribution >= 0.6 is 23.2 Å². The van der Waals surface area contributed by atoms with Gasteiger partial charge >= 0.3 is 0 Å². The van der Waals surface area contributed by atoms with Crippen LogP contribution in [0.3, 0.4) is 0 Å². The first-order valence-electron chi connectivity index (χ1n) is 13.1. The van der Waals surface area contributed by atoms with Crippen molar-refractivity contribution in [1.82, 2.24) is 10.2 Å². The third kappa shape index (κ3) is 7.83. The molecule has 1 saturated carbocycles. The second-order valence-corrected chi connectivity index (χ2v) is 10.6. The van der Waals surface area contributed by atoms with Gasteiger partial charge in [0, 0.05) is 35.5 Å². The van der Waals surface area contributed by atoms with Crippen LogP contribution in [0.5, 0.6) is 0 Å². The minimum absolute atomic E-state index is 0.0976. The zero-order valence-corrected chi connectivity index (χ0v) is 22.6. The van der Waals surface area contributed by atoms with Gasteiger partial charge in [-0.1, -0.05) is 109 Å². The van der Waals surface area contributed by atoms with Crippen LogP contribution in [0.4, 0.5) is 0 Å². The largest absolute Gasteiger partial charge is 0.352 e. The van der Waals surface area contributed by atoms with E-state index >= 15 is 0 Å². The van der Waals surface area contributed by atoms with Crippen molar-refractivity contribution >= 4 is 35.0 Å². The number of nitrogens with zero attached hydrogens (tertiary/aromatic N) is 1. The van der Waals surface area contributed by atoms with Crippen molar-refractivity contribution < 1.29 is 9.59 Å². The number of nitrogens with one attached hydrogen (secondary N) is 1. The smallest absolute Gasteiger partial charge is 0.243 e. The van der Waals surface area contributed by atoms with Gasteiger partial charge in [0.25, 0.3) is 0 Å². The fourth-order valence-electron chi connectivity index (χ4n) is 4.99. The maximum absolute atomic E-state index is 13.8. The first-order chi connectivity index (χ1) is 18.0. The average Bonchev–Trinajstić information content (AvgIpc) is 2.92. The van der Waals surface area contributed by atoms with Gasteiger partial charge in [0.1, 0.15) is 6.04 Å². The summed E-state index contributed by atoms with van der Waals surface area (Å²) in [7, 11) is 0. The van der Waals surface area contributed by atoms with Crippen molar-refractivity contribution in [3.8, 4) is 0 Å². The van der Waals surface area contributed by atoms with Crippen molar-refractivity contribution in [3.63, 3.8) is 0 Å². The Hall–Kier alpha value is -2.82. The highest BCUT2D eigenvalue weighted by molar-refractivity contribution is 6.31. The van der Waals surface area contributed by atoms with E-state index in [4.69, 9.17) is 23.2 Å². The lowest BCUT2D eigenvalue weighted by Crippen LogP contribution is -2.53. The molecule has 0 aromatic heterocycles. The molecule has 1 aliphatic rings. The van der Waals surface area contributed by atoms with Gasteiger partial charge < -0.3 is 10.2 Å². The maximum Gasteiger partial charge on any atom is 0.243 e. The number of hydrogen-bond acceptors (Lipinski definition) is 2. The second-order valence-electron chi connectivity index (χ2n) is 9.75. The molecule has 1 N–H and O–H groups in total. The van der Waals surface area contributed by atoms with Crippen LogP contribution in [0.25, 0.3) is 0 Å². The molecule has 4 nitrogen and oxygen atoms in total. The van der Waals surface area contributed by atoms with E-state index in [-0.39, 0.29) is 30.8 Å². The van der Waals surface area contributed by atoms with Gasteiger partial charge in [-0.3, -0.25) is 9.59 Å². The van der Waals surface area contributed by atoms with Crippen LogP contribution < -0.4 is 5.32 Å². The minimum atomic E-state index is -0.653. The molecule has 0 heterocycles. The van der Waals surface area contributed by atoms with Crippen LogP contribution in [0.15, 0.2) is 78.9 Å². The summed E-state index contributed by atoms with van der Waals surface area (Å²) in [5.41, 5.74) is 2.75. The van der Waals surface area contributed by atoms with E-state index in [0.717, 1.165) is 42.4 Å². The summed E-state index contributed by atoms with van der Waals surface area (Å²) in [4.78, 5) is 29.3. The summed E-state index contributed by atoms with van der Waals surface area (Å²) >= 11 is 12.9. The Bertz CT molecular complexity index is 1180. The molecule has 194 valence electrons. The van der Waals surface area contributed by atoms with Gasteiger partial charge in [0.05, 0.1) is 0 Å². The van der Waals surface area contributed by atoms with Gasteiger partial charge in [0.2, 0.25) is 11.8 Å². The zero-order valence-electron chi connectivity index (χ0n) is 21.0. The van der Waals surface area contributed by atoms with Crippen LogP contribution in [0.1, 0.15) is 55.2 Å². The highest BCUT2D eigenvalue weighted by Crippen LogP contribution is 2.24. The summed E-state index contributed by atoms with van der Waals surface area (Å²) < 4.78 is 0. The van der Waals surface area contributed by atoms with E-state index < -0.39 is 6.04 Å². The Morgan fingerprint density at radius 3 is 2.05 bits per heavy atom. The Kier molecular flexibility index (Phi) is 10.0. The molecular weight excluding hydrogens is 503 g/mol. The average molecular weight is 538 g/mol. The molecule has 1 aliphatic carbocycles. The lowest BCUT2D eigenvalue weighted by Gasteiger charge is -2.34. The number of carbonyl (C=O) groups is 2. The summed E-state index contributed by atoms with van der Waals surface area (Å²) in [6, 6.07) is 24.4. The molecule has 0 unspecified atom stereocenters. The summed E-state index contributed by atoms with van der Waals surface area (Å²) in [5.74, 6) is -0.200. The lowest BCUT2D eigenvalue weighted by molar-refractivity contribution is -0.141. The topological polar surface area (TPSA) is 49.4 Å². The minimum Gasteiger partial charge on any atom is -0.352 e. The van der Waals surface area contributed by atoms with Crippen molar-refractivity contribution in [1.29, 1.82) is 0 Å². The highest BCUT2D eigenvalue weighted by atomic mass is 35.5. The number of rotatable bonds is 10. The van der Waals surface area contributed by atoms with Gasteiger partial charge in [0.15, 0.2) is 0 Å². The molecule has 0 spiro atoms. The maximum atomic E-state index is 13.8. The first kappa shape index (κ1) is 27.2. The number of halogens is 2. The van der Waals surface area contributed by atoms with E-state index in [9.17, 15) is 9.59 Å². The molecule has 1 fully saturated rings. The van der Waals surface area contributed by atoms with Crippen LogP contribution in [0.2, 0.25) is 10.0 Å². The molecule has 0 bridgehead atoms. The molecule has 4 rings (SSSR count). The zero-order chi connectivity index (χ0) is 26.0. The van der Waals surface area contributed by atoms with E-state index in [1.54, 1.807) is 4.90 Å². The highest BCUT2D eigenvalue weighted by Gasteiger charge is 2.32. The number of aryl methyl sites for hydroxylation is 1. The molecule has 0 aliphatic heterocycles. The van der Waals surface area contributed by atoms with Crippen molar-refractivity contribution in [2.75, 3.05) is 0 Å². The van der Waals surface area contributed by atoms with Gasteiger partial charge in [-0.2, -0.15) is 0 Å². The number of amides is 2. The normalized spacial score (nSPS) is 14.6. The van der Waals surface area contributed by atoms with Gasteiger partial charge in [-0.15, -0.1) is 0 Å². The second kappa shape index (κ2) is 13.6. The Morgan fingerprint density at radius 1 is 0.811 bits per heavy atom. The van der Waals surface area contributed by atoms with Crippen LogP contribution in [-0.2, 0) is 29.0 Å². The molecule has 3 aromatic rings. The number of carbonyl (C=O) groups excluding carboxylic acids is 2. The summed E-state index contributed by atoms with van der Waals surface area (Å²) in [6.07, 6.45) is 6.59. The SMILES string of the molecule is O=C(NC1CCCCC1)[C@H](Cc1ccccc1)N(Cc1ccccc1Cl)C(=O)CCc1ccccc1Cl. The molecule has 0 radical (unpaired) electrons. The van der Waals surface area contributed by atoms with E-state index in [1.165, 1.54) is 6.42 Å². The first-order valence-corrected chi connectivity index (χ1v) is 13.9. The van der Waals surface area contributed by atoms with Gasteiger partial charge in [-0.25, -0.2) is 0 Å². The molecule has 0 saturated heterocycles. The van der Waals surface area contributed by atoms with Crippen molar-refractivity contribution in [2.45, 2.75) is 70.0 Å². The Balaban J connectivity index is 1.62. The van der Waals surface area contributed by atoms with E-state index in [2.05, 4.69) is 5.32 Å². The van der Waals surface area contributed by atoms with Gasteiger partial charge in [-0.05, 0) is 48.1 Å². The lowest BCUT2D eigenvalue weighted by atomic mass is 9.94. The standard InChI is InChI=1S/C31H34Cl2N2O2/c32-27-17-9-7-13-24(27)19-20-30(36)35(22-25-14-8-10-18-28(25)33)29(21-23-11-3-1-4-12-23)31(37)34-26-15-5-2-6-16-26/h1,3-4,7-14,17-18,26,29H,2,5-6,15-16,19-22H2,(H,34,37)/t29-/m0/s1. The number of benzene rings is 3. The Labute approximate surface area is 230 Å². The van der Waals surface area contributed by atoms with Crippen LogP contribution in [0, 0.1) is 0 Å². The van der Waals surface area contributed by atoms with Crippen molar-refractivity contribution in [2.24, 2.45) is 0 Å². The fraction of sp³-hybridized carbons (Fsp3) is 0.355. The fourth-order valence-corrected chi connectivity index (χ4v) is 5.42. The number of hydrogen-bond donors (Lipinski definition) is 1.